The van der Waals surface area contributed by atoms with Crippen LogP contribution in [0, 0.1) is 17.8 Å². The molecule has 0 radical (unpaired) electrons. The molecule has 2 unspecified atom stereocenters. The van der Waals surface area contributed by atoms with Gasteiger partial charge in [0.05, 0.1) is 12.2 Å². The number of hydrogen-bond donors (Lipinski definition) is 3. The standard InChI is InChI=1S/C23H28N4O2.2ClH/c24-21-15-5-3-6-16(21)12-18(11-15)23(29)27-19-9-4-7-17(13-19)22(28)26-14-20-8-1-2-10-25-20;;/h1-2,4,7-10,13,15-16,18,21H,3,5-6,11-12,14,24H2,(H,26,28)(H,27,29);2*1H. The molecule has 8 heteroatoms. The van der Waals surface area contributed by atoms with Crippen LogP contribution in [0.4, 0.5) is 5.69 Å². The Morgan fingerprint density at radius 3 is 2.45 bits per heavy atom. The average molecular weight is 465 g/mol. The summed E-state index contributed by atoms with van der Waals surface area (Å²) >= 11 is 0. The normalized spacial score (nSPS) is 24.2. The largest absolute Gasteiger partial charge is 0.346 e. The Kier molecular flexibility index (Phi) is 9.29. The molecular weight excluding hydrogens is 435 g/mol. The molecular formula is C23H30Cl2N4O2. The molecule has 2 amide bonds. The highest BCUT2D eigenvalue weighted by atomic mass is 35.5. The second-order valence-corrected chi connectivity index (χ2v) is 8.27. The fourth-order valence-corrected chi connectivity index (χ4v) is 4.76. The summed E-state index contributed by atoms with van der Waals surface area (Å²) in [7, 11) is 0. The molecule has 168 valence electrons. The number of benzene rings is 1. The molecule has 1 aromatic heterocycles. The molecule has 0 aliphatic heterocycles. The van der Waals surface area contributed by atoms with E-state index in [2.05, 4.69) is 15.6 Å². The zero-order chi connectivity index (χ0) is 20.2. The SMILES string of the molecule is Cl.Cl.NC1C2CCCC1CC(C(=O)Nc1cccc(C(=O)NCc3ccccn3)c1)C2. The van der Waals surface area contributed by atoms with E-state index in [0.717, 1.165) is 31.4 Å². The van der Waals surface area contributed by atoms with E-state index < -0.39 is 0 Å². The number of hydrogen-bond acceptors (Lipinski definition) is 4. The van der Waals surface area contributed by atoms with E-state index in [1.54, 1.807) is 24.4 Å². The number of amides is 2. The highest BCUT2D eigenvalue weighted by Crippen LogP contribution is 2.42. The van der Waals surface area contributed by atoms with E-state index in [4.69, 9.17) is 5.73 Å². The molecule has 2 aromatic rings. The number of aromatic nitrogens is 1. The van der Waals surface area contributed by atoms with E-state index in [1.807, 2.05) is 24.3 Å². The summed E-state index contributed by atoms with van der Waals surface area (Å²) in [6, 6.07) is 12.9. The second kappa shape index (κ2) is 11.5. The lowest BCUT2D eigenvalue weighted by molar-refractivity contribution is -0.122. The first-order chi connectivity index (χ1) is 14.1. The maximum atomic E-state index is 12.8. The van der Waals surface area contributed by atoms with Crippen molar-refractivity contribution in [1.82, 2.24) is 10.3 Å². The molecule has 0 saturated heterocycles. The summed E-state index contributed by atoms with van der Waals surface area (Å²) < 4.78 is 0. The molecule has 2 fully saturated rings. The van der Waals surface area contributed by atoms with Gasteiger partial charge >= 0.3 is 0 Å². The van der Waals surface area contributed by atoms with Crippen LogP contribution in [0.3, 0.4) is 0 Å². The van der Waals surface area contributed by atoms with Crippen molar-refractivity contribution >= 4 is 42.3 Å². The van der Waals surface area contributed by atoms with Gasteiger partial charge in [0, 0.05) is 29.4 Å². The maximum absolute atomic E-state index is 12.8. The van der Waals surface area contributed by atoms with Gasteiger partial charge in [-0.05, 0) is 67.9 Å². The van der Waals surface area contributed by atoms with E-state index in [1.165, 1.54) is 6.42 Å². The van der Waals surface area contributed by atoms with Crippen LogP contribution in [0.5, 0.6) is 0 Å². The first kappa shape index (κ1) is 25.1. The molecule has 0 spiro atoms. The van der Waals surface area contributed by atoms with E-state index >= 15 is 0 Å². The number of anilines is 1. The van der Waals surface area contributed by atoms with Crippen molar-refractivity contribution in [2.45, 2.75) is 44.7 Å². The molecule has 6 nitrogen and oxygen atoms in total. The number of pyridine rings is 1. The summed E-state index contributed by atoms with van der Waals surface area (Å²) in [6.07, 6.45) is 6.93. The van der Waals surface area contributed by atoms with Crippen LogP contribution in [0.25, 0.3) is 0 Å². The molecule has 2 atom stereocenters. The maximum Gasteiger partial charge on any atom is 0.251 e. The van der Waals surface area contributed by atoms with Gasteiger partial charge in [-0.1, -0.05) is 18.6 Å². The molecule has 1 aromatic carbocycles. The third-order valence-electron chi connectivity index (χ3n) is 6.33. The van der Waals surface area contributed by atoms with Crippen molar-refractivity contribution in [3.63, 3.8) is 0 Å². The predicted octanol–water partition coefficient (Wildman–Crippen LogP) is 3.95. The summed E-state index contributed by atoms with van der Waals surface area (Å²) in [4.78, 5) is 29.5. The Balaban J connectivity index is 0.00000171. The van der Waals surface area contributed by atoms with Crippen LogP contribution >= 0.6 is 24.8 Å². The number of halogens is 2. The van der Waals surface area contributed by atoms with E-state index in [9.17, 15) is 9.59 Å². The quantitative estimate of drug-likeness (QED) is 0.623. The number of carbonyl (C=O) groups excluding carboxylic acids is 2. The van der Waals surface area contributed by atoms with Gasteiger partial charge in [-0.3, -0.25) is 14.6 Å². The highest BCUT2D eigenvalue weighted by molar-refractivity contribution is 5.97. The van der Waals surface area contributed by atoms with Crippen LogP contribution in [-0.4, -0.2) is 22.8 Å². The van der Waals surface area contributed by atoms with Crippen molar-refractivity contribution in [3.05, 3.63) is 59.9 Å². The average Bonchev–Trinajstić information content (AvgIpc) is 2.72. The number of nitrogens with zero attached hydrogens (tertiary/aromatic N) is 1. The predicted molar refractivity (Wildman–Crippen MR) is 127 cm³/mol. The van der Waals surface area contributed by atoms with Gasteiger partial charge in [0.1, 0.15) is 0 Å². The van der Waals surface area contributed by atoms with Gasteiger partial charge in [-0.15, -0.1) is 24.8 Å². The van der Waals surface area contributed by atoms with Crippen molar-refractivity contribution in [2.24, 2.45) is 23.5 Å². The molecule has 2 bridgehead atoms. The molecule has 1 heterocycles. The smallest absolute Gasteiger partial charge is 0.251 e. The Bertz CT molecular complexity index is 867. The van der Waals surface area contributed by atoms with Crippen LogP contribution in [-0.2, 0) is 11.3 Å². The van der Waals surface area contributed by atoms with Crippen molar-refractivity contribution in [3.8, 4) is 0 Å². The third kappa shape index (κ3) is 6.19. The van der Waals surface area contributed by atoms with Gasteiger partial charge in [0.25, 0.3) is 5.91 Å². The summed E-state index contributed by atoms with van der Waals surface area (Å²) in [6.45, 7) is 0.362. The molecule has 4 N–H and O–H groups in total. The van der Waals surface area contributed by atoms with Crippen LogP contribution < -0.4 is 16.4 Å². The van der Waals surface area contributed by atoms with Gasteiger partial charge < -0.3 is 16.4 Å². The Hall–Kier alpha value is -2.15. The number of carbonyl (C=O) groups is 2. The van der Waals surface area contributed by atoms with Gasteiger partial charge in [-0.25, -0.2) is 0 Å². The third-order valence-corrected chi connectivity index (χ3v) is 6.33. The van der Waals surface area contributed by atoms with E-state index in [0.29, 0.717) is 29.6 Å². The zero-order valence-corrected chi connectivity index (χ0v) is 19.0. The Morgan fingerprint density at radius 1 is 1.03 bits per heavy atom. The van der Waals surface area contributed by atoms with Gasteiger partial charge in [-0.2, -0.15) is 0 Å². The van der Waals surface area contributed by atoms with Crippen molar-refractivity contribution < 1.29 is 9.59 Å². The summed E-state index contributed by atoms with van der Waals surface area (Å²) in [5.74, 6) is 0.778. The molecule has 2 aliphatic carbocycles. The molecule has 2 aliphatic rings. The van der Waals surface area contributed by atoms with Crippen LogP contribution in [0.2, 0.25) is 0 Å². The highest BCUT2D eigenvalue weighted by Gasteiger charge is 2.40. The molecule has 4 rings (SSSR count). The van der Waals surface area contributed by atoms with Crippen molar-refractivity contribution in [2.75, 3.05) is 5.32 Å². The van der Waals surface area contributed by atoms with Crippen LogP contribution in [0.15, 0.2) is 48.7 Å². The monoisotopic (exact) mass is 464 g/mol. The number of rotatable bonds is 5. The first-order valence-corrected chi connectivity index (χ1v) is 10.4. The summed E-state index contributed by atoms with van der Waals surface area (Å²) in [5.41, 5.74) is 8.31. The molecule has 2 saturated carbocycles. The minimum Gasteiger partial charge on any atom is -0.346 e. The second-order valence-electron chi connectivity index (χ2n) is 8.27. The number of nitrogens with one attached hydrogen (secondary N) is 2. The topological polar surface area (TPSA) is 97.1 Å². The van der Waals surface area contributed by atoms with Gasteiger partial charge in [0.2, 0.25) is 5.91 Å². The van der Waals surface area contributed by atoms with Gasteiger partial charge in [0.15, 0.2) is 0 Å². The Labute approximate surface area is 195 Å². The lowest BCUT2D eigenvalue weighted by Crippen LogP contribution is -2.48. The number of nitrogens with two attached hydrogens (primary N) is 1. The van der Waals surface area contributed by atoms with E-state index in [-0.39, 0.29) is 48.6 Å². The minimum absolute atomic E-state index is 0. The minimum atomic E-state index is -0.190. The number of fused-ring (bicyclic) bond motifs is 2. The summed E-state index contributed by atoms with van der Waals surface area (Å²) in [5, 5.41) is 5.88. The first-order valence-electron chi connectivity index (χ1n) is 10.4. The fraction of sp³-hybridized carbons (Fsp3) is 0.435. The van der Waals surface area contributed by atoms with Crippen molar-refractivity contribution in [1.29, 1.82) is 0 Å². The van der Waals surface area contributed by atoms with Crippen LogP contribution in [0.1, 0.15) is 48.2 Å². The zero-order valence-electron chi connectivity index (χ0n) is 17.3. The molecule has 31 heavy (non-hydrogen) atoms. The fourth-order valence-electron chi connectivity index (χ4n) is 4.76. The Morgan fingerprint density at radius 2 is 1.77 bits per heavy atom. The lowest BCUT2D eigenvalue weighted by atomic mass is 9.65. The lowest BCUT2D eigenvalue weighted by Gasteiger charge is -2.43.